The number of imidazole rings is 1. The Hall–Kier alpha value is -2.20. The Morgan fingerprint density at radius 2 is 1.87 bits per heavy atom. The first-order valence-electron chi connectivity index (χ1n) is 7.62. The molecule has 3 aromatic rings. The zero-order chi connectivity index (χ0) is 16.6. The lowest BCUT2D eigenvalue weighted by Gasteiger charge is -2.02. The van der Waals surface area contributed by atoms with E-state index in [1.807, 2.05) is 47.9 Å². The first-order valence-corrected chi connectivity index (χ1v) is 8.00. The highest BCUT2D eigenvalue weighted by atomic mass is 35.5. The molecule has 3 rings (SSSR count). The van der Waals surface area contributed by atoms with Gasteiger partial charge in [-0.05, 0) is 55.2 Å². The average molecular weight is 327 g/mol. The minimum Gasteiger partial charge on any atom is -0.283 e. The van der Waals surface area contributed by atoms with Gasteiger partial charge in [-0.25, -0.2) is 4.98 Å². The number of rotatable bonds is 3. The van der Waals surface area contributed by atoms with Crippen molar-refractivity contribution in [2.24, 2.45) is 10.2 Å². The second-order valence-electron chi connectivity index (χ2n) is 6.04. The second-order valence-corrected chi connectivity index (χ2v) is 6.45. The average Bonchev–Trinajstić information content (AvgIpc) is 2.86. The summed E-state index contributed by atoms with van der Waals surface area (Å²) in [6, 6.07) is 9.77. The van der Waals surface area contributed by atoms with Crippen molar-refractivity contribution >= 4 is 28.8 Å². The van der Waals surface area contributed by atoms with E-state index in [2.05, 4.69) is 31.0 Å². The summed E-state index contributed by atoms with van der Waals surface area (Å²) in [5, 5.41) is 9.49. The van der Waals surface area contributed by atoms with Crippen molar-refractivity contribution in [2.45, 2.75) is 33.6 Å². The van der Waals surface area contributed by atoms with Gasteiger partial charge in [0.25, 0.3) is 0 Å². The number of hydrogen-bond donors (Lipinski definition) is 0. The molecule has 0 radical (unpaired) electrons. The smallest absolute Gasteiger partial charge is 0.183 e. The van der Waals surface area contributed by atoms with Gasteiger partial charge < -0.3 is 0 Å². The Bertz CT molecular complexity index is 893. The zero-order valence-corrected chi connectivity index (χ0v) is 14.5. The fraction of sp³-hybridized carbons (Fsp3) is 0.278. The first-order chi connectivity index (χ1) is 11.0. The van der Waals surface area contributed by atoms with Crippen molar-refractivity contribution < 1.29 is 0 Å². The van der Waals surface area contributed by atoms with E-state index in [9.17, 15) is 0 Å². The van der Waals surface area contributed by atoms with Gasteiger partial charge in [0.1, 0.15) is 5.65 Å². The van der Waals surface area contributed by atoms with Gasteiger partial charge in [-0.3, -0.25) is 4.40 Å². The number of azo groups is 1. The van der Waals surface area contributed by atoms with E-state index in [4.69, 9.17) is 16.6 Å². The molecule has 2 heterocycles. The highest BCUT2D eigenvalue weighted by molar-refractivity contribution is 6.31. The third-order valence-electron chi connectivity index (χ3n) is 3.74. The molecule has 0 saturated heterocycles. The summed E-state index contributed by atoms with van der Waals surface area (Å²) in [6.07, 6.45) is 1.99. The van der Waals surface area contributed by atoms with Gasteiger partial charge in [0.15, 0.2) is 5.82 Å². The third-order valence-corrected chi connectivity index (χ3v) is 4.15. The van der Waals surface area contributed by atoms with Crippen molar-refractivity contribution in [1.82, 2.24) is 9.38 Å². The van der Waals surface area contributed by atoms with E-state index in [1.54, 1.807) is 0 Å². The van der Waals surface area contributed by atoms with Crippen molar-refractivity contribution in [2.75, 3.05) is 0 Å². The maximum Gasteiger partial charge on any atom is 0.183 e. The second kappa shape index (κ2) is 6.13. The van der Waals surface area contributed by atoms with E-state index in [0.29, 0.717) is 5.02 Å². The molecule has 0 amide bonds. The number of nitrogens with zero attached hydrogens (tertiary/aromatic N) is 4. The van der Waals surface area contributed by atoms with Gasteiger partial charge in [-0.2, -0.15) is 0 Å². The molecule has 23 heavy (non-hydrogen) atoms. The Balaban J connectivity index is 2.08. The fourth-order valence-electron chi connectivity index (χ4n) is 2.39. The molecule has 4 nitrogen and oxygen atoms in total. The van der Waals surface area contributed by atoms with Crippen LogP contribution in [0.4, 0.5) is 11.5 Å². The SMILES string of the molecule is Cc1ccn2c(N=Nc3ccc(C)c(Cl)c3)c(C(C)C)nc2c1. The molecule has 118 valence electrons. The number of aromatic nitrogens is 2. The van der Waals surface area contributed by atoms with E-state index < -0.39 is 0 Å². The van der Waals surface area contributed by atoms with Crippen LogP contribution < -0.4 is 0 Å². The van der Waals surface area contributed by atoms with Gasteiger partial charge in [0.05, 0.1) is 11.4 Å². The van der Waals surface area contributed by atoms with Crippen LogP contribution in [0.2, 0.25) is 5.02 Å². The summed E-state index contributed by atoms with van der Waals surface area (Å²) in [5.41, 5.74) is 4.77. The van der Waals surface area contributed by atoms with Crippen LogP contribution in [0.15, 0.2) is 46.8 Å². The van der Waals surface area contributed by atoms with Crippen molar-refractivity contribution in [1.29, 1.82) is 0 Å². The van der Waals surface area contributed by atoms with Crippen molar-refractivity contribution in [3.8, 4) is 0 Å². The van der Waals surface area contributed by atoms with Gasteiger partial charge in [0.2, 0.25) is 0 Å². The lowest BCUT2D eigenvalue weighted by molar-refractivity contribution is 0.831. The van der Waals surface area contributed by atoms with Gasteiger partial charge in [-0.15, -0.1) is 10.2 Å². The summed E-state index contributed by atoms with van der Waals surface area (Å²) in [6.45, 7) is 8.24. The molecule has 0 bridgehead atoms. The monoisotopic (exact) mass is 326 g/mol. The standard InChI is InChI=1S/C18H19ClN4/c1-11(2)17-18(23-8-7-12(3)9-16(23)20-17)22-21-14-6-5-13(4)15(19)10-14/h5-11H,1-4H3. The molecule has 0 atom stereocenters. The molecule has 0 aliphatic rings. The van der Waals surface area contributed by atoms with Crippen LogP contribution in [0.25, 0.3) is 5.65 Å². The number of benzene rings is 1. The predicted molar refractivity (Wildman–Crippen MR) is 94.4 cm³/mol. The third kappa shape index (κ3) is 3.13. The zero-order valence-electron chi connectivity index (χ0n) is 13.7. The summed E-state index contributed by atoms with van der Waals surface area (Å²) < 4.78 is 1.97. The highest BCUT2D eigenvalue weighted by Crippen LogP contribution is 2.30. The molecule has 0 saturated carbocycles. The van der Waals surface area contributed by atoms with E-state index in [1.165, 1.54) is 5.56 Å². The van der Waals surface area contributed by atoms with Crippen LogP contribution >= 0.6 is 11.6 Å². The van der Waals surface area contributed by atoms with E-state index >= 15 is 0 Å². The van der Waals surface area contributed by atoms with Crippen molar-refractivity contribution in [3.05, 3.63) is 58.4 Å². The quantitative estimate of drug-likeness (QED) is 0.533. The van der Waals surface area contributed by atoms with Crippen LogP contribution in [0.5, 0.6) is 0 Å². The largest absolute Gasteiger partial charge is 0.283 e. The number of fused-ring (bicyclic) bond motifs is 1. The van der Waals surface area contributed by atoms with Crippen LogP contribution in [0, 0.1) is 13.8 Å². The number of halogens is 1. The Kier molecular flexibility index (Phi) is 4.18. The molecule has 0 N–H and O–H groups in total. The lowest BCUT2D eigenvalue weighted by Crippen LogP contribution is -1.87. The summed E-state index contributed by atoms with van der Waals surface area (Å²) in [7, 11) is 0. The molecular formula is C18H19ClN4. The molecule has 2 aromatic heterocycles. The number of aryl methyl sites for hydroxylation is 2. The molecular weight excluding hydrogens is 308 g/mol. The maximum absolute atomic E-state index is 6.15. The first kappa shape index (κ1) is 15.7. The van der Waals surface area contributed by atoms with Crippen LogP contribution in [0.3, 0.4) is 0 Å². The topological polar surface area (TPSA) is 42.0 Å². The van der Waals surface area contributed by atoms with E-state index in [0.717, 1.165) is 28.4 Å². The van der Waals surface area contributed by atoms with Crippen LogP contribution in [-0.4, -0.2) is 9.38 Å². The molecule has 0 aliphatic heterocycles. The summed E-state index contributed by atoms with van der Waals surface area (Å²) in [5.74, 6) is 1.04. The Labute approximate surface area is 140 Å². The fourth-order valence-corrected chi connectivity index (χ4v) is 2.56. The summed E-state index contributed by atoms with van der Waals surface area (Å²) >= 11 is 6.15. The number of pyridine rings is 1. The maximum atomic E-state index is 6.15. The molecule has 5 heteroatoms. The molecule has 1 aromatic carbocycles. The van der Waals surface area contributed by atoms with E-state index in [-0.39, 0.29) is 5.92 Å². The van der Waals surface area contributed by atoms with Crippen LogP contribution in [0.1, 0.15) is 36.6 Å². The van der Waals surface area contributed by atoms with Gasteiger partial charge in [0, 0.05) is 11.2 Å². The highest BCUT2D eigenvalue weighted by Gasteiger charge is 2.15. The molecule has 0 fully saturated rings. The van der Waals surface area contributed by atoms with Crippen LogP contribution in [-0.2, 0) is 0 Å². The molecule has 0 aliphatic carbocycles. The normalized spacial score (nSPS) is 11.9. The Morgan fingerprint density at radius 1 is 1.09 bits per heavy atom. The summed E-state index contributed by atoms with van der Waals surface area (Å²) in [4.78, 5) is 4.70. The minimum absolute atomic E-state index is 0.269. The van der Waals surface area contributed by atoms with Gasteiger partial charge in [-0.1, -0.05) is 31.5 Å². The molecule has 0 unspecified atom stereocenters. The minimum atomic E-state index is 0.269. The van der Waals surface area contributed by atoms with Gasteiger partial charge >= 0.3 is 0 Å². The molecule has 0 spiro atoms. The Morgan fingerprint density at radius 3 is 2.57 bits per heavy atom. The lowest BCUT2D eigenvalue weighted by atomic mass is 10.1. The van der Waals surface area contributed by atoms with Crippen molar-refractivity contribution in [3.63, 3.8) is 0 Å². The predicted octanol–water partition coefficient (Wildman–Crippen LogP) is 6.14. The number of hydrogen-bond acceptors (Lipinski definition) is 3.